The Morgan fingerprint density at radius 3 is 2.58 bits per heavy atom. The van der Waals surface area contributed by atoms with Crippen molar-refractivity contribution in [3.05, 3.63) is 53.1 Å². The van der Waals surface area contributed by atoms with Gasteiger partial charge in [-0.15, -0.1) is 0 Å². The molecule has 5 rings (SSSR count). The molecule has 0 atom stereocenters. The number of carbonyl (C=O) groups is 1. The Morgan fingerprint density at radius 1 is 1.10 bits per heavy atom. The monoisotopic (exact) mass is 420 g/mol. The molecular formula is C24H28N4O3. The maximum absolute atomic E-state index is 12.1. The van der Waals surface area contributed by atoms with Crippen LogP contribution in [0.3, 0.4) is 0 Å². The fraction of sp³-hybridized carbons (Fsp3) is 0.417. The van der Waals surface area contributed by atoms with Gasteiger partial charge in [0.2, 0.25) is 5.95 Å². The average molecular weight is 421 g/mol. The number of benzene rings is 2. The highest BCUT2D eigenvalue weighted by molar-refractivity contribution is 5.96. The van der Waals surface area contributed by atoms with E-state index in [9.17, 15) is 9.90 Å². The van der Waals surface area contributed by atoms with Crippen LogP contribution in [0.5, 0.6) is 0 Å². The molecule has 2 fully saturated rings. The number of aromatic carboxylic acids is 1. The third-order valence-electron chi connectivity index (χ3n) is 6.49. The van der Waals surface area contributed by atoms with E-state index >= 15 is 0 Å². The predicted molar refractivity (Wildman–Crippen MR) is 121 cm³/mol. The highest BCUT2D eigenvalue weighted by Gasteiger charge is 2.28. The van der Waals surface area contributed by atoms with Crippen LogP contribution in [0.25, 0.3) is 11.0 Å². The van der Waals surface area contributed by atoms with E-state index in [1.165, 1.54) is 11.3 Å². The molecule has 0 radical (unpaired) electrons. The van der Waals surface area contributed by atoms with E-state index in [2.05, 4.69) is 46.0 Å². The lowest BCUT2D eigenvalue weighted by molar-refractivity contribution is 0.0695. The van der Waals surface area contributed by atoms with Gasteiger partial charge in [0.05, 0.1) is 29.8 Å². The van der Waals surface area contributed by atoms with E-state index in [1.54, 1.807) is 6.07 Å². The first-order valence-electron chi connectivity index (χ1n) is 11.0. The summed E-state index contributed by atoms with van der Waals surface area (Å²) < 4.78 is 5.45. The molecule has 2 aliphatic heterocycles. The van der Waals surface area contributed by atoms with Gasteiger partial charge in [-0.3, -0.25) is 0 Å². The van der Waals surface area contributed by atoms with Crippen molar-refractivity contribution in [3.8, 4) is 0 Å². The van der Waals surface area contributed by atoms with Crippen molar-refractivity contribution in [2.24, 2.45) is 0 Å². The number of aromatic amines is 1. The lowest BCUT2D eigenvalue weighted by atomic mass is 9.85. The second kappa shape index (κ2) is 8.23. The number of morpholine rings is 1. The summed E-state index contributed by atoms with van der Waals surface area (Å²) in [4.78, 5) is 24.9. The van der Waals surface area contributed by atoms with Crippen LogP contribution in [-0.4, -0.2) is 60.4 Å². The fourth-order valence-corrected chi connectivity index (χ4v) is 4.86. The van der Waals surface area contributed by atoms with Crippen molar-refractivity contribution >= 4 is 28.6 Å². The summed E-state index contributed by atoms with van der Waals surface area (Å²) in [5.41, 5.74) is 5.46. The molecule has 0 unspecified atom stereocenters. The number of aryl methyl sites for hydroxylation is 1. The van der Waals surface area contributed by atoms with Gasteiger partial charge in [-0.05, 0) is 61.1 Å². The molecule has 0 bridgehead atoms. The van der Waals surface area contributed by atoms with E-state index in [4.69, 9.17) is 9.72 Å². The van der Waals surface area contributed by atoms with Gasteiger partial charge >= 0.3 is 5.97 Å². The smallest absolute Gasteiger partial charge is 0.336 e. The molecule has 0 spiro atoms. The van der Waals surface area contributed by atoms with Crippen LogP contribution in [-0.2, 0) is 4.74 Å². The number of anilines is 2. The van der Waals surface area contributed by atoms with E-state index in [0.29, 0.717) is 18.8 Å². The van der Waals surface area contributed by atoms with Gasteiger partial charge in [-0.2, -0.15) is 0 Å². The molecule has 3 aromatic rings. The van der Waals surface area contributed by atoms with Crippen LogP contribution < -0.4 is 9.80 Å². The zero-order valence-electron chi connectivity index (χ0n) is 17.8. The number of rotatable bonds is 4. The number of piperidine rings is 1. The summed E-state index contributed by atoms with van der Waals surface area (Å²) in [7, 11) is 0. The van der Waals surface area contributed by atoms with Crippen LogP contribution in [0.1, 0.15) is 40.2 Å². The first kappa shape index (κ1) is 19.9. The SMILES string of the molecule is Cc1cccc(N2CCC(c3c(C(=O)O)ccc4[nH]c(N5CCOCC5)nc34)CC2)c1. The van der Waals surface area contributed by atoms with Gasteiger partial charge in [-0.1, -0.05) is 12.1 Å². The Labute approximate surface area is 181 Å². The topological polar surface area (TPSA) is 81.7 Å². The van der Waals surface area contributed by atoms with Crippen LogP contribution in [0, 0.1) is 6.92 Å². The highest BCUT2D eigenvalue weighted by atomic mass is 16.5. The van der Waals surface area contributed by atoms with Crippen LogP contribution >= 0.6 is 0 Å². The molecule has 31 heavy (non-hydrogen) atoms. The Morgan fingerprint density at radius 2 is 1.87 bits per heavy atom. The number of carboxylic acids is 1. The van der Waals surface area contributed by atoms with Gasteiger partial charge in [0.1, 0.15) is 0 Å². The van der Waals surface area contributed by atoms with Crippen molar-refractivity contribution in [1.29, 1.82) is 0 Å². The molecule has 0 saturated carbocycles. The summed E-state index contributed by atoms with van der Waals surface area (Å²) in [6, 6.07) is 12.1. The zero-order chi connectivity index (χ0) is 21.4. The second-order valence-electron chi connectivity index (χ2n) is 8.49. The first-order valence-corrected chi connectivity index (χ1v) is 11.0. The maximum Gasteiger partial charge on any atom is 0.336 e. The Balaban J connectivity index is 1.46. The molecule has 0 aliphatic carbocycles. The van der Waals surface area contributed by atoms with Crippen molar-refractivity contribution in [3.63, 3.8) is 0 Å². The number of hydrogen-bond acceptors (Lipinski definition) is 5. The van der Waals surface area contributed by atoms with Crippen molar-refractivity contribution in [1.82, 2.24) is 9.97 Å². The number of ether oxygens (including phenoxy) is 1. The van der Waals surface area contributed by atoms with Crippen molar-refractivity contribution in [2.75, 3.05) is 49.2 Å². The van der Waals surface area contributed by atoms with Gasteiger partial charge < -0.3 is 24.6 Å². The minimum Gasteiger partial charge on any atom is -0.478 e. The van der Waals surface area contributed by atoms with Gasteiger partial charge in [0.25, 0.3) is 0 Å². The molecule has 2 saturated heterocycles. The Kier molecular flexibility index (Phi) is 5.28. The van der Waals surface area contributed by atoms with Crippen LogP contribution in [0.2, 0.25) is 0 Å². The number of carboxylic acid groups (broad SMARTS) is 1. The van der Waals surface area contributed by atoms with E-state index in [0.717, 1.165) is 61.6 Å². The minimum atomic E-state index is -0.881. The molecule has 2 aliphatic rings. The fourth-order valence-electron chi connectivity index (χ4n) is 4.86. The number of nitrogens with zero attached hydrogens (tertiary/aromatic N) is 3. The molecule has 7 heteroatoms. The maximum atomic E-state index is 12.1. The zero-order valence-corrected chi connectivity index (χ0v) is 17.8. The molecule has 3 heterocycles. The summed E-state index contributed by atoms with van der Waals surface area (Å²) in [5.74, 6) is 0.102. The quantitative estimate of drug-likeness (QED) is 0.668. The van der Waals surface area contributed by atoms with Gasteiger partial charge in [0, 0.05) is 31.9 Å². The minimum absolute atomic E-state index is 0.177. The van der Waals surface area contributed by atoms with Crippen LogP contribution in [0.4, 0.5) is 11.6 Å². The largest absolute Gasteiger partial charge is 0.478 e. The molecule has 2 N–H and O–H groups in total. The summed E-state index contributed by atoms with van der Waals surface area (Å²) >= 11 is 0. The number of aromatic nitrogens is 2. The van der Waals surface area contributed by atoms with Crippen molar-refractivity contribution < 1.29 is 14.6 Å². The normalized spacial score (nSPS) is 18.0. The number of hydrogen-bond donors (Lipinski definition) is 2. The number of fused-ring (bicyclic) bond motifs is 1. The van der Waals surface area contributed by atoms with Crippen molar-refractivity contribution in [2.45, 2.75) is 25.7 Å². The summed E-state index contributed by atoms with van der Waals surface area (Å²) in [5, 5.41) is 9.90. The molecule has 2 aromatic carbocycles. The van der Waals surface area contributed by atoms with Crippen LogP contribution in [0.15, 0.2) is 36.4 Å². The number of imidazole rings is 1. The first-order chi connectivity index (χ1) is 15.1. The lowest BCUT2D eigenvalue weighted by Crippen LogP contribution is -2.36. The molecular weight excluding hydrogens is 392 g/mol. The van der Waals surface area contributed by atoms with E-state index < -0.39 is 5.97 Å². The second-order valence-corrected chi connectivity index (χ2v) is 8.49. The molecule has 1 aromatic heterocycles. The Bertz CT molecular complexity index is 1100. The Hall–Kier alpha value is -3.06. The van der Waals surface area contributed by atoms with Gasteiger partial charge in [-0.25, -0.2) is 9.78 Å². The molecule has 162 valence electrons. The molecule has 7 nitrogen and oxygen atoms in total. The lowest BCUT2D eigenvalue weighted by Gasteiger charge is -2.34. The highest BCUT2D eigenvalue weighted by Crippen LogP contribution is 2.37. The number of nitrogens with one attached hydrogen (secondary N) is 1. The summed E-state index contributed by atoms with van der Waals surface area (Å²) in [6.07, 6.45) is 1.82. The van der Waals surface area contributed by atoms with E-state index in [1.807, 2.05) is 6.07 Å². The predicted octanol–water partition coefficient (Wildman–Crippen LogP) is 3.79. The average Bonchev–Trinajstić information content (AvgIpc) is 3.23. The summed E-state index contributed by atoms with van der Waals surface area (Å²) in [6.45, 7) is 6.86. The van der Waals surface area contributed by atoms with Gasteiger partial charge in [0.15, 0.2) is 0 Å². The third kappa shape index (κ3) is 3.85. The number of H-pyrrole nitrogens is 1. The molecule has 0 amide bonds. The third-order valence-corrected chi connectivity index (χ3v) is 6.49. The standard InChI is InChI=1S/C24H28N4O3/c1-16-3-2-4-18(15-16)27-9-7-17(8-10-27)21-19(23(29)30)5-6-20-22(21)26-24(25-20)28-11-13-31-14-12-28/h2-6,15,17H,7-14H2,1H3,(H,25,26)(H,29,30). The van der Waals surface area contributed by atoms with E-state index in [-0.39, 0.29) is 5.92 Å².